The number of carbonyl (C=O) groups is 1. The second kappa shape index (κ2) is 9.35. The van der Waals surface area contributed by atoms with E-state index in [4.69, 9.17) is 9.47 Å². The van der Waals surface area contributed by atoms with Crippen molar-refractivity contribution in [3.63, 3.8) is 0 Å². The molecule has 1 fully saturated rings. The van der Waals surface area contributed by atoms with Crippen LogP contribution in [0.1, 0.15) is 16.7 Å². The van der Waals surface area contributed by atoms with Gasteiger partial charge in [-0.2, -0.15) is 13.2 Å². The summed E-state index contributed by atoms with van der Waals surface area (Å²) in [7, 11) is 0. The fraction of sp³-hybridized carbons (Fsp3) is 0.409. The van der Waals surface area contributed by atoms with Gasteiger partial charge in [0, 0.05) is 32.1 Å². The predicted molar refractivity (Wildman–Crippen MR) is 109 cm³/mol. The van der Waals surface area contributed by atoms with Gasteiger partial charge in [-0.1, -0.05) is 18.2 Å². The number of alkyl halides is 3. The van der Waals surface area contributed by atoms with E-state index in [-0.39, 0.29) is 25.2 Å². The Morgan fingerprint density at radius 2 is 1.88 bits per heavy atom. The lowest BCUT2D eigenvalue weighted by Crippen LogP contribution is -2.44. The first-order valence-electron chi connectivity index (χ1n) is 10.3. The fourth-order valence-corrected chi connectivity index (χ4v) is 3.92. The summed E-state index contributed by atoms with van der Waals surface area (Å²) in [5.74, 6) is 0.104. The van der Waals surface area contributed by atoms with Gasteiger partial charge in [-0.05, 0) is 35.4 Å². The number of ether oxygens (including phenoxy) is 2. The third-order valence-corrected chi connectivity index (χ3v) is 5.68. The molecule has 0 spiro atoms. The summed E-state index contributed by atoms with van der Waals surface area (Å²) >= 11 is 0. The first kappa shape index (κ1) is 22.4. The zero-order valence-corrected chi connectivity index (χ0v) is 17.1. The molecular formula is C22H24F3N3O4. The van der Waals surface area contributed by atoms with E-state index >= 15 is 0 Å². The Balaban J connectivity index is 1.31. The number of aliphatic hydroxyl groups is 1. The van der Waals surface area contributed by atoms with Crippen LogP contribution in [-0.2, 0) is 24.1 Å². The topological polar surface area (TPSA) is 91.9 Å². The van der Waals surface area contributed by atoms with E-state index < -0.39 is 23.9 Å². The Morgan fingerprint density at radius 1 is 1.09 bits per heavy atom. The third kappa shape index (κ3) is 5.14. The van der Waals surface area contributed by atoms with Crippen LogP contribution in [-0.4, -0.2) is 37.1 Å². The number of hydrogen-bond acceptors (Lipinski definition) is 6. The molecule has 2 aromatic rings. The van der Waals surface area contributed by atoms with Crippen molar-refractivity contribution in [3.8, 4) is 11.5 Å². The molecule has 2 aliphatic heterocycles. The van der Waals surface area contributed by atoms with Crippen molar-refractivity contribution in [2.45, 2.75) is 25.5 Å². The maximum Gasteiger partial charge on any atom is 0.416 e. The van der Waals surface area contributed by atoms with E-state index in [1.807, 2.05) is 12.1 Å². The van der Waals surface area contributed by atoms with E-state index in [0.717, 1.165) is 17.7 Å². The van der Waals surface area contributed by atoms with Gasteiger partial charge in [0.25, 0.3) is 0 Å². The molecule has 0 radical (unpaired) electrons. The summed E-state index contributed by atoms with van der Waals surface area (Å²) in [5, 5.41) is 19.4. The molecule has 0 aliphatic carbocycles. The first-order valence-corrected chi connectivity index (χ1v) is 10.3. The third-order valence-electron chi connectivity index (χ3n) is 5.68. The standard InChI is InChI=1S/C22H24F3N3O4/c23-22(24,25)15-3-1-2-13(6-15)8-27-20(29)16-10-26-11-17(16)21(30)28-9-14-4-5-18-19(7-14)32-12-31-18/h1-7,16-17,21,26,28,30H,8-12H2,(H,27,29)/t16-,17+,21+/m0/s1. The van der Waals surface area contributed by atoms with Gasteiger partial charge >= 0.3 is 6.18 Å². The van der Waals surface area contributed by atoms with Gasteiger partial charge in [-0.25, -0.2) is 0 Å². The second-order valence-corrected chi connectivity index (χ2v) is 7.86. The maximum atomic E-state index is 12.9. The zero-order chi connectivity index (χ0) is 22.7. The number of benzene rings is 2. The number of aliphatic hydroxyl groups excluding tert-OH is 1. The number of nitrogens with one attached hydrogen (secondary N) is 3. The highest BCUT2D eigenvalue weighted by molar-refractivity contribution is 5.79. The van der Waals surface area contributed by atoms with E-state index in [1.54, 1.807) is 6.07 Å². The minimum absolute atomic E-state index is 0.0211. The van der Waals surface area contributed by atoms with Crippen LogP contribution >= 0.6 is 0 Å². The minimum atomic E-state index is -4.44. The highest BCUT2D eigenvalue weighted by atomic mass is 19.4. The number of carbonyl (C=O) groups excluding carboxylic acids is 1. The minimum Gasteiger partial charge on any atom is -0.454 e. The largest absolute Gasteiger partial charge is 0.454 e. The summed E-state index contributed by atoms with van der Waals surface area (Å²) in [6, 6.07) is 10.3. The van der Waals surface area contributed by atoms with Crippen molar-refractivity contribution < 1.29 is 32.5 Å². The van der Waals surface area contributed by atoms with Crippen molar-refractivity contribution in [2.75, 3.05) is 19.9 Å². The van der Waals surface area contributed by atoms with Crippen LogP contribution in [0.4, 0.5) is 13.2 Å². The second-order valence-electron chi connectivity index (χ2n) is 7.86. The highest BCUT2D eigenvalue weighted by Gasteiger charge is 2.37. The molecule has 2 aliphatic rings. The smallest absolute Gasteiger partial charge is 0.416 e. The lowest BCUT2D eigenvalue weighted by molar-refractivity contribution is -0.137. The summed E-state index contributed by atoms with van der Waals surface area (Å²) in [6.07, 6.45) is -5.38. The molecule has 4 N–H and O–H groups in total. The van der Waals surface area contributed by atoms with Gasteiger partial charge in [0.2, 0.25) is 12.7 Å². The Bertz CT molecular complexity index is 970. The van der Waals surface area contributed by atoms with Crippen molar-refractivity contribution in [1.82, 2.24) is 16.0 Å². The quantitative estimate of drug-likeness (QED) is 0.482. The van der Waals surface area contributed by atoms with Gasteiger partial charge in [0.05, 0.1) is 11.5 Å². The Kier molecular flexibility index (Phi) is 6.54. The molecule has 0 saturated carbocycles. The molecule has 0 aromatic heterocycles. The molecule has 172 valence electrons. The molecular weight excluding hydrogens is 427 g/mol. The van der Waals surface area contributed by atoms with Crippen LogP contribution in [0.3, 0.4) is 0 Å². The van der Waals surface area contributed by atoms with Crippen molar-refractivity contribution in [1.29, 1.82) is 0 Å². The van der Waals surface area contributed by atoms with Gasteiger partial charge in [0.1, 0.15) is 6.23 Å². The molecule has 10 heteroatoms. The number of fused-ring (bicyclic) bond motifs is 1. The Morgan fingerprint density at radius 3 is 2.69 bits per heavy atom. The molecule has 0 bridgehead atoms. The summed E-state index contributed by atoms with van der Waals surface area (Å²) in [4.78, 5) is 12.7. The van der Waals surface area contributed by atoms with E-state index in [1.165, 1.54) is 12.1 Å². The summed E-state index contributed by atoms with van der Waals surface area (Å²) in [5.41, 5.74) is 0.495. The van der Waals surface area contributed by atoms with Crippen LogP contribution in [0.15, 0.2) is 42.5 Å². The highest BCUT2D eigenvalue weighted by Crippen LogP contribution is 2.32. The maximum absolute atomic E-state index is 12.9. The van der Waals surface area contributed by atoms with Gasteiger partial charge in [-0.15, -0.1) is 0 Å². The molecule has 7 nitrogen and oxygen atoms in total. The van der Waals surface area contributed by atoms with Crippen LogP contribution in [0.2, 0.25) is 0 Å². The van der Waals surface area contributed by atoms with Gasteiger partial charge < -0.3 is 25.2 Å². The van der Waals surface area contributed by atoms with Crippen LogP contribution in [0.25, 0.3) is 0 Å². The summed E-state index contributed by atoms with van der Waals surface area (Å²) < 4.78 is 49.2. The summed E-state index contributed by atoms with van der Waals surface area (Å²) in [6.45, 7) is 1.35. The predicted octanol–water partition coefficient (Wildman–Crippen LogP) is 1.99. The van der Waals surface area contributed by atoms with Crippen LogP contribution in [0.5, 0.6) is 11.5 Å². The zero-order valence-electron chi connectivity index (χ0n) is 17.1. The monoisotopic (exact) mass is 451 g/mol. The average molecular weight is 451 g/mol. The van der Waals surface area contributed by atoms with Crippen molar-refractivity contribution in [3.05, 3.63) is 59.2 Å². The first-order chi connectivity index (χ1) is 15.3. The molecule has 2 aromatic carbocycles. The number of halogens is 3. The van der Waals surface area contributed by atoms with Crippen molar-refractivity contribution in [2.24, 2.45) is 11.8 Å². The number of amides is 1. The lowest BCUT2D eigenvalue weighted by atomic mass is 9.93. The number of rotatable bonds is 7. The lowest BCUT2D eigenvalue weighted by Gasteiger charge is -2.24. The Labute approximate surface area is 182 Å². The normalized spacial score (nSPS) is 20.9. The van der Waals surface area contributed by atoms with E-state index in [2.05, 4.69) is 16.0 Å². The SMILES string of the molecule is O=C(NCc1cccc(C(F)(F)F)c1)[C@H]1CNC[C@H]1[C@@H](O)NCc1ccc2c(c1)OCO2. The van der Waals surface area contributed by atoms with Crippen LogP contribution in [0, 0.1) is 11.8 Å². The molecule has 0 unspecified atom stereocenters. The van der Waals surface area contributed by atoms with Crippen molar-refractivity contribution >= 4 is 5.91 Å². The molecule has 1 amide bonds. The molecule has 1 saturated heterocycles. The van der Waals surface area contributed by atoms with Gasteiger partial charge in [-0.3, -0.25) is 10.1 Å². The van der Waals surface area contributed by atoms with E-state index in [0.29, 0.717) is 36.7 Å². The fourth-order valence-electron chi connectivity index (χ4n) is 3.92. The average Bonchev–Trinajstić information content (AvgIpc) is 3.44. The van der Waals surface area contributed by atoms with Crippen LogP contribution < -0.4 is 25.4 Å². The molecule has 4 rings (SSSR count). The Hall–Kier alpha value is -2.82. The number of hydrogen-bond donors (Lipinski definition) is 4. The van der Waals surface area contributed by atoms with Gasteiger partial charge in [0.15, 0.2) is 11.5 Å². The molecule has 32 heavy (non-hydrogen) atoms. The molecule has 2 heterocycles. The molecule has 3 atom stereocenters. The van der Waals surface area contributed by atoms with E-state index in [9.17, 15) is 23.1 Å².